The van der Waals surface area contributed by atoms with Crippen LogP contribution in [0.25, 0.3) is 0 Å². The lowest BCUT2D eigenvalue weighted by Crippen LogP contribution is -2.31. The Morgan fingerprint density at radius 3 is 2.50 bits per heavy atom. The molecule has 0 heterocycles. The maximum Gasteiger partial charge on any atom is 0.242 e. The summed E-state index contributed by atoms with van der Waals surface area (Å²) in [6.07, 6.45) is 0. The minimum atomic E-state index is -3.71. The van der Waals surface area contributed by atoms with Gasteiger partial charge in [0.2, 0.25) is 10.0 Å². The highest BCUT2D eigenvalue weighted by atomic mass is 35.5. The Bertz CT molecular complexity index is 858. The topological polar surface area (TPSA) is 70.4 Å². The van der Waals surface area contributed by atoms with E-state index in [9.17, 15) is 8.42 Å². The maximum absolute atomic E-state index is 12.5. The van der Waals surface area contributed by atoms with Gasteiger partial charge in [0, 0.05) is 13.6 Å². The minimum Gasteiger partial charge on any atom is -0.492 e. The summed E-state index contributed by atoms with van der Waals surface area (Å²) < 4.78 is 31.8. The third-order valence-corrected chi connectivity index (χ3v) is 5.64. The second-order valence-electron chi connectivity index (χ2n) is 5.24. The molecule has 0 fully saturated rings. The predicted molar refractivity (Wildman–Crippen MR) is 92.7 cm³/mol. The summed E-state index contributed by atoms with van der Waals surface area (Å²) in [5.74, 6) is 0.685. The predicted octanol–water partition coefficient (Wildman–Crippen LogP) is 3.22. The molecule has 0 saturated heterocycles. The molecule has 126 valence electrons. The third-order valence-electron chi connectivity index (χ3n) is 3.46. The van der Waals surface area contributed by atoms with Crippen molar-refractivity contribution in [2.24, 2.45) is 0 Å². The molecule has 24 heavy (non-hydrogen) atoms. The van der Waals surface area contributed by atoms with Gasteiger partial charge in [-0.2, -0.15) is 9.57 Å². The fourth-order valence-corrected chi connectivity index (χ4v) is 3.32. The zero-order valence-electron chi connectivity index (χ0n) is 13.4. The van der Waals surface area contributed by atoms with Crippen LogP contribution in [0.1, 0.15) is 11.1 Å². The van der Waals surface area contributed by atoms with E-state index in [0.29, 0.717) is 5.75 Å². The smallest absolute Gasteiger partial charge is 0.242 e. The van der Waals surface area contributed by atoms with Gasteiger partial charge < -0.3 is 4.74 Å². The first kappa shape index (κ1) is 18.3. The quantitative estimate of drug-likeness (QED) is 0.789. The molecule has 0 saturated carbocycles. The number of aryl methyl sites for hydroxylation is 1. The summed E-state index contributed by atoms with van der Waals surface area (Å²) in [4.78, 5) is 0.0290. The largest absolute Gasteiger partial charge is 0.492 e. The lowest BCUT2D eigenvalue weighted by molar-refractivity contribution is 0.287. The molecule has 2 aromatic carbocycles. The van der Waals surface area contributed by atoms with Crippen molar-refractivity contribution in [1.29, 1.82) is 5.26 Å². The Kier molecular flexibility index (Phi) is 5.84. The molecule has 0 aromatic heterocycles. The number of benzene rings is 2. The summed E-state index contributed by atoms with van der Waals surface area (Å²) in [5, 5.41) is 9.20. The SMILES string of the molecule is Cc1ccc(OCCN(C)S(=O)(=O)c2ccc(Cl)c(C#N)c2)cc1. The van der Waals surface area contributed by atoms with E-state index >= 15 is 0 Å². The van der Waals surface area contributed by atoms with Gasteiger partial charge in [0.1, 0.15) is 18.4 Å². The van der Waals surface area contributed by atoms with Crippen molar-refractivity contribution in [2.45, 2.75) is 11.8 Å². The number of nitriles is 1. The monoisotopic (exact) mass is 364 g/mol. The first-order valence-electron chi connectivity index (χ1n) is 7.20. The van der Waals surface area contributed by atoms with Crippen molar-refractivity contribution < 1.29 is 13.2 Å². The number of halogens is 1. The third kappa shape index (κ3) is 4.26. The van der Waals surface area contributed by atoms with E-state index in [2.05, 4.69) is 0 Å². The van der Waals surface area contributed by atoms with E-state index < -0.39 is 10.0 Å². The van der Waals surface area contributed by atoms with E-state index in [1.54, 1.807) is 0 Å². The van der Waals surface area contributed by atoms with E-state index in [-0.39, 0.29) is 28.6 Å². The van der Waals surface area contributed by atoms with Crippen LogP contribution in [0.4, 0.5) is 0 Å². The molecule has 0 atom stereocenters. The number of sulfonamides is 1. The van der Waals surface area contributed by atoms with Gasteiger partial charge in [-0.25, -0.2) is 8.42 Å². The molecule has 0 spiro atoms. The van der Waals surface area contributed by atoms with Crippen LogP contribution < -0.4 is 4.74 Å². The van der Waals surface area contributed by atoms with Crippen LogP contribution in [0.2, 0.25) is 5.02 Å². The van der Waals surface area contributed by atoms with Crippen molar-refractivity contribution in [2.75, 3.05) is 20.2 Å². The number of hydrogen-bond donors (Lipinski definition) is 0. The number of rotatable bonds is 6. The summed E-state index contributed by atoms with van der Waals surface area (Å²) in [6, 6.07) is 13.5. The van der Waals surface area contributed by atoms with Crippen molar-refractivity contribution >= 4 is 21.6 Å². The van der Waals surface area contributed by atoms with Crippen LogP contribution in [0.3, 0.4) is 0 Å². The molecule has 5 nitrogen and oxygen atoms in total. The second-order valence-corrected chi connectivity index (χ2v) is 7.69. The van der Waals surface area contributed by atoms with Crippen molar-refractivity contribution in [1.82, 2.24) is 4.31 Å². The molecule has 0 bridgehead atoms. The second kappa shape index (κ2) is 7.67. The van der Waals surface area contributed by atoms with Crippen molar-refractivity contribution in [3.63, 3.8) is 0 Å². The minimum absolute atomic E-state index is 0.0290. The summed E-state index contributed by atoms with van der Waals surface area (Å²) in [5.41, 5.74) is 1.25. The van der Waals surface area contributed by atoms with Crippen molar-refractivity contribution in [3.05, 3.63) is 58.6 Å². The Hall–Kier alpha value is -2.07. The highest BCUT2D eigenvalue weighted by Crippen LogP contribution is 2.21. The average molecular weight is 365 g/mol. The number of nitrogens with zero attached hydrogens (tertiary/aromatic N) is 2. The van der Waals surface area contributed by atoms with Crippen LogP contribution in [0.15, 0.2) is 47.4 Å². The summed E-state index contributed by atoms with van der Waals surface area (Å²) in [6.45, 7) is 2.38. The van der Waals surface area contributed by atoms with E-state index in [1.807, 2.05) is 37.3 Å². The van der Waals surface area contributed by atoms with Crippen LogP contribution in [-0.2, 0) is 10.0 Å². The van der Waals surface area contributed by atoms with Gasteiger partial charge in [-0.1, -0.05) is 29.3 Å². The lowest BCUT2D eigenvalue weighted by atomic mass is 10.2. The zero-order valence-corrected chi connectivity index (χ0v) is 14.9. The molecule has 2 aromatic rings. The number of hydrogen-bond acceptors (Lipinski definition) is 4. The van der Waals surface area contributed by atoms with Gasteiger partial charge in [0.25, 0.3) is 0 Å². The molecule has 2 rings (SSSR count). The fourth-order valence-electron chi connectivity index (χ4n) is 1.98. The van der Waals surface area contributed by atoms with E-state index in [4.69, 9.17) is 21.6 Å². The highest BCUT2D eigenvalue weighted by molar-refractivity contribution is 7.89. The highest BCUT2D eigenvalue weighted by Gasteiger charge is 2.21. The van der Waals surface area contributed by atoms with Gasteiger partial charge in [-0.15, -0.1) is 0 Å². The van der Waals surface area contributed by atoms with Gasteiger partial charge in [-0.05, 0) is 37.3 Å². The molecule has 0 radical (unpaired) electrons. The van der Waals surface area contributed by atoms with Gasteiger partial charge in [0.05, 0.1) is 15.5 Å². The fraction of sp³-hybridized carbons (Fsp3) is 0.235. The average Bonchev–Trinajstić information content (AvgIpc) is 2.56. The molecular formula is C17H17ClN2O3S. The normalized spacial score (nSPS) is 11.3. The zero-order chi connectivity index (χ0) is 17.7. The van der Waals surface area contributed by atoms with Crippen LogP contribution in [-0.4, -0.2) is 32.9 Å². The van der Waals surface area contributed by atoms with Gasteiger partial charge >= 0.3 is 0 Å². The van der Waals surface area contributed by atoms with E-state index in [0.717, 1.165) is 5.56 Å². The Morgan fingerprint density at radius 2 is 1.88 bits per heavy atom. The maximum atomic E-state index is 12.5. The Morgan fingerprint density at radius 1 is 1.21 bits per heavy atom. The molecule has 7 heteroatoms. The van der Waals surface area contributed by atoms with E-state index in [1.165, 1.54) is 29.6 Å². The Labute approximate surface area is 147 Å². The number of likely N-dealkylation sites (N-methyl/N-ethyl adjacent to an activating group) is 1. The van der Waals surface area contributed by atoms with Gasteiger partial charge in [0.15, 0.2) is 0 Å². The standard InChI is InChI=1S/C17H17ClN2O3S/c1-13-3-5-15(6-4-13)23-10-9-20(2)24(21,22)16-7-8-17(18)14(11-16)12-19/h3-8,11H,9-10H2,1-2H3. The van der Waals surface area contributed by atoms with Gasteiger partial charge in [-0.3, -0.25) is 0 Å². The number of ether oxygens (including phenoxy) is 1. The molecule has 0 aliphatic rings. The first-order chi connectivity index (χ1) is 11.3. The Balaban J connectivity index is 2.04. The van der Waals surface area contributed by atoms with Crippen LogP contribution in [0, 0.1) is 18.3 Å². The summed E-state index contributed by atoms with van der Waals surface area (Å²) >= 11 is 5.84. The molecular weight excluding hydrogens is 348 g/mol. The molecule has 0 amide bonds. The molecule has 0 aliphatic carbocycles. The molecule has 0 aliphatic heterocycles. The molecule has 0 unspecified atom stereocenters. The van der Waals surface area contributed by atoms with Crippen molar-refractivity contribution in [3.8, 4) is 11.8 Å². The molecule has 0 N–H and O–H groups in total. The first-order valence-corrected chi connectivity index (χ1v) is 9.02. The lowest BCUT2D eigenvalue weighted by Gasteiger charge is -2.18. The van der Waals surface area contributed by atoms with Crippen LogP contribution >= 0.6 is 11.6 Å². The van der Waals surface area contributed by atoms with Crippen LogP contribution in [0.5, 0.6) is 5.75 Å². The summed E-state index contributed by atoms with van der Waals surface area (Å²) in [7, 11) is -2.24.